The number of nitrogens with zero attached hydrogens (tertiary/aromatic N) is 1. The monoisotopic (exact) mass is 201 g/mol. The maximum Gasteiger partial charge on any atom is 0.0521 e. The number of thiol groups is 1. The maximum atomic E-state index is 4.05. The molecule has 14 heavy (non-hydrogen) atoms. The van der Waals surface area contributed by atoms with Crippen LogP contribution in [0, 0.1) is 11.8 Å². The summed E-state index contributed by atoms with van der Waals surface area (Å²) in [6, 6.07) is 8.34. The Morgan fingerprint density at radius 3 is 3.00 bits per heavy atom. The minimum Gasteiger partial charge on any atom is -0.351 e. The van der Waals surface area contributed by atoms with Gasteiger partial charge in [0.05, 0.1) is 5.75 Å². The molecule has 1 aromatic heterocycles. The molecule has 0 aliphatic rings. The Kier molecular flexibility index (Phi) is 2.51. The number of hydrogen-bond acceptors (Lipinski definition) is 1. The second-order valence-electron chi connectivity index (χ2n) is 3.16. The van der Waals surface area contributed by atoms with E-state index in [1.54, 1.807) is 0 Å². The van der Waals surface area contributed by atoms with Gasteiger partial charge in [0.25, 0.3) is 0 Å². The lowest BCUT2D eigenvalue weighted by Crippen LogP contribution is -1.83. The largest absolute Gasteiger partial charge is 0.351 e. The van der Waals surface area contributed by atoms with Crippen molar-refractivity contribution in [2.75, 3.05) is 5.75 Å². The molecule has 1 aromatic carbocycles. The average molecular weight is 201 g/mol. The molecule has 0 aliphatic carbocycles. The summed E-state index contributed by atoms with van der Waals surface area (Å²) in [5.74, 6) is 6.61. The molecule has 0 fully saturated rings. The van der Waals surface area contributed by atoms with Crippen LogP contribution >= 0.6 is 12.6 Å². The summed E-state index contributed by atoms with van der Waals surface area (Å²) in [5, 5.41) is 1.23. The summed E-state index contributed by atoms with van der Waals surface area (Å²) < 4.78 is 2.10. The van der Waals surface area contributed by atoms with Crippen molar-refractivity contribution >= 4 is 23.5 Å². The normalized spacial score (nSPS) is 9.86. The zero-order valence-corrected chi connectivity index (χ0v) is 8.88. The molecule has 1 heterocycles. The summed E-state index contributed by atoms with van der Waals surface area (Å²) in [4.78, 5) is 0. The SMILES string of the molecule is Cn1ccc2cc(C#CCS)ccc21. The molecular weight excluding hydrogens is 190 g/mol. The lowest BCUT2D eigenvalue weighted by molar-refractivity contribution is 0.969. The van der Waals surface area contributed by atoms with Crippen molar-refractivity contribution in [3.63, 3.8) is 0 Å². The molecule has 2 heteroatoms. The average Bonchev–Trinajstić information content (AvgIpc) is 2.57. The summed E-state index contributed by atoms with van der Waals surface area (Å²) in [6.45, 7) is 0. The fourth-order valence-corrected chi connectivity index (χ4v) is 1.58. The molecule has 0 saturated heterocycles. The van der Waals surface area contributed by atoms with Crippen LogP contribution in [0.25, 0.3) is 10.9 Å². The van der Waals surface area contributed by atoms with Crippen LogP contribution in [0.15, 0.2) is 30.5 Å². The third-order valence-electron chi connectivity index (χ3n) is 2.20. The van der Waals surface area contributed by atoms with Crippen LogP contribution in [0.5, 0.6) is 0 Å². The van der Waals surface area contributed by atoms with E-state index in [9.17, 15) is 0 Å². The third-order valence-corrected chi connectivity index (χ3v) is 2.36. The number of aromatic nitrogens is 1. The van der Waals surface area contributed by atoms with E-state index in [0.29, 0.717) is 5.75 Å². The first-order valence-corrected chi connectivity index (χ1v) is 5.09. The van der Waals surface area contributed by atoms with E-state index in [2.05, 4.69) is 53.4 Å². The number of aryl methyl sites for hydroxylation is 1. The van der Waals surface area contributed by atoms with E-state index in [4.69, 9.17) is 0 Å². The van der Waals surface area contributed by atoms with Gasteiger partial charge in [-0.3, -0.25) is 0 Å². The van der Waals surface area contributed by atoms with Gasteiger partial charge in [0, 0.05) is 29.7 Å². The van der Waals surface area contributed by atoms with Crippen LogP contribution in [0.3, 0.4) is 0 Å². The van der Waals surface area contributed by atoms with Gasteiger partial charge in [-0.2, -0.15) is 12.6 Å². The lowest BCUT2D eigenvalue weighted by Gasteiger charge is -1.95. The highest BCUT2D eigenvalue weighted by atomic mass is 32.1. The van der Waals surface area contributed by atoms with Crippen LogP contribution in [0.1, 0.15) is 5.56 Å². The fourth-order valence-electron chi connectivity index (χ4n) is 1.50. The molecule has 2 rings (SSSR count). The topological polar surface area (TPSA) is 4.93 Å². The van der Waals surface area contributed by atoms with Gasteiger partial charge in [0.1, 0.15) is 0 Å². The Balaban J connectivity index is 2.52. The molecule has 1 nitrogen and oxygen atoms in total. The zero-order chi connectivity index (χ0) is 9.97. The van der Waals surface area contributed by atoms with Gasteiger partial charge in [0.15, 0.2) is 0 Å². The first-order chi connectivity index (χ1) is 6.81. The minimum absolute atomic E-state index is 0.604. The molecule has 0 aliphatic heterocycles. The molecule has 0 saturated carbocycles. The zero-order valence-electron chi connectivity index (χ0n) is 7.99. The Morgan fingerprint density at radius 1 is 1.36 bits per heavy atom. The Labute approximate surface area is 89.1 Å². The van der Waals surface area contributed by atoms with Crippen molar-refractivity contribution in [1.82, 2.24) is 4.57 Å². The van der Waals surface area contributed by atoms with E-state index in [0.717, 1.165) is 5.56 Å². The van der Waals surface area contributed by atoms with Crippen LogP contribution in [-0.2, 0) is 7.05 Å². The molecule has 70 valence electrons. The van der Waals surface area contributed by atoms with Crippen molar-refractivity contribution in [2.24, 2.45) is 7.05 Å². The molecule has 2 aromatic rings. The van der Waals surface area contributed by atoms with Gasteiger partial charge < -0.3 is 4.57 Å². The minimum atomic E-state index is 0.604. The van der Waals surface area contributed by atoms with Gasteiger partial charge in [-0.25, -0.2) is 0 Å². The maximum absolute atomic E-state index is 4.05. The van der Waals surface area contributed by atoms with Crippen LogP contribution < -0.4 is 0 Å². The lowest BCUT2D eigenvalue weighted by atomic mass is 10.1. The van der Waals surface area contributed by atoms with E-state index in [1.807, 2.05) is 13.1 Å². The number of fused-ring (bicyclic) bond motifs is 1. The van der Waals surface area contributed by atoms with Crippen LogP contribution in [-0.4, -0.2) is 10.3 Å². The molecule has 0 radical (unpaired) electrons. The summed E-state index contributed by atoms with van der Waals surface area (Å²) in [6.07, 6.45) is 2.06. The first kappa shape index (κ1) is 9.23. The quantitative estimate of drug-likeness (QED) is 0.493. The van der Waals surface area contributed by atoms with E-state index in [-0.39, 0.29) is 0 Å². The van der Waals surface area contributed by atoms with Crippen LogP contribution in [0.4, 0.5) is 0 Å². The van der Waals surface area contributed by atoms with Gasteiger partial charge in [0.2, 0.25) is 0 Å². The van der Waals surface area contributed by atoms with Gasteiger partial charge in [-0.1, -0.05) is 11.8 Å². The predicted molar refractivity (Wildman–Crippen MR) is 63.7 cm³/mol. The summed E-state index contributed by atoms with van der Waals surface area (Å²) in [5.41, 5.74) is 2.29. The van der Waals surface area contributed by atoms with Crippen molar-refractivity contribution in [3.05, 3.63) is 36.0 Å². The smallest absolute Gasteiger partial charge is 0.0521 e. The molecule has 0 spiro atoms. The second kappa shape index (κ2) is 3.81. The number of hydrogen-bond donors (Lipinski definition) is 1. The standard InChI is InChI=1S/C12H11NS/c1-13-7-6-11-9-10(3-2-8-14)4-5-12(11)13/h4-7,9,14H,8H2,1H3. The van der Waals surface area contributed by atoms with Gasteiger partial charge in [-0.05, 0) is 24.3 Å². The highest BCUT2D eigenvalue weighted by molar-refractivity contribution is 7.80. The van der Waals surface area contributed by atoms with Crippen molar-refractivity contribution in [3.8, 4) is 11.8 Å². The summed E-state index contributed by atoms with van der Waals surface area (Å²) in [7, 11) is 2.04. The second-order valence-corrected chi connectivity index (χ2v) is 3.48. The van der Waals surface area contributed by atoms with Crippen molar-refractivity contribution in [1.29, 1.82) is 0 Å². The van der Waals surface area contributed by atoms with E-state index in [1.165, 1.54) is 10.9 Å². The highest BCUT2D eigenvalue weighted by Gasteiger charge is 1.96. The molecule has 0 amide bonds. The third kappa shape index (κ3) is 1.64. The fraction of sp³-hybridized carbons (Fsp3) is 0.167. The molecule has 0 bridgehead atoms. The molecule has 0 N–H and O–H groups in total. The van der Waals surface area contributed by atoms with Gasteiger partial charge >= 0.3 is 0 Å². The van der Waals surface area contributed by atoms with Crippen molar-refractivity contribution in [2.45, 2.75) is 0 Å². The first-order valence-electron chi connectivity index (χ1n) is 4.46. The Hall–Kier alpha value is -1.33. The predicted octanol–water partition coefficient (Wildman–Crippen LogP) is 2.46. The van der Waals surface area contributed by atoms with E-state index < -0.39 is 0 Å². The highest BCUT2D eigenvalue weighted by Crippen LogP contribution is 2.15. The van der Waals surface area contributed by atoms with E-state index >= 15 is 0 Å². The molecular formula is C12H11NS. The van der Waals surface area contributed by atoms with Crippen molar-refractivity contribution < 1.29 is 0 Å². The molecule has 0 unspecified atom stereocenters. The Bertz CT molecular complexity index is 514. The Morgan fingerprint density at radius 2 is 2.21 bits per heavy atom. The number of benzene rings is 1. The number of rotatable bonds is 0. The van der Waals surface area contributed by atoms with Gasteiger partial charge in [-0.15, -0.1) is 0 Å². The molecule has 0 atom stereocenters. The van der Waals surface area contributed by atoms with Crippen LogP contribution in [0.2, 0.25) is 0 Å². The summed E-state index contributed by atoms with van der Waals surface area (Å²) >= 11 is 4.05.